The van der Waals surface area contributed by atoms with E-state index in [4.69, 9.17) is 0 Å². The van der Waals surface area contributed by atoms with Crippen molar-refractivity contribution in [3.63, 3.8) is 0 Å². The molecule has 2 rings (SSSR count). The molecule has 1 unspecified atom stereocenters. The maximum Gasteiger partial charge on any atom is 0.0307 e. The van der Waals surface area contributed by atoms with Crippen LogP contribution in [0.25, 0.3) is 0 Å². The van der Waals surface area contributed by atoms with Gasteiger partial charge in [0.25, 0.3) is 0 Å². The van der Waals surface area contributed by atoms with Gasteiger partial charge in [0.2, 0.25) is 0 Å². The monoisotopic (exact) mass is 287 g/mol. The summed E-state index contributed by atoms with van der Waals surface area (Å²) in [6.07, 6.45) is 16.1. The fourth-order valence-corrected chi connectivity index (χ4v) is 3.95. The second-order valence-electron chi connectivity index (χ2n) is 7.12. The molecular formula is C20H33N. The molecule has 1 nitrogen and oxygen atoms in total. The highest BCUT2D eigenvalue weighted by Crippen LogP contribution is 2.40. The molecule has 1 fully saturated rings. The summed E-state index contributed by atoms with van der Waals surface area (Å²) in [5, 5.41) is 0. The molecule has 1 saturated carbocycles. The van der Waals surface area contributed by atoms with Gasteiger partial charge in [-0.2, -0.15) is 0 Å². The van der Waals surface area contributed by atoms with Gasteiger partial charge in [-0.05, 0) is 64.3 Å². The quantitative estimate of drug-likeness (QED) is 0.595. The van der Waals surface area contributed by atoms with E-state index in [-0.39, 0.29) is 0 Å². The fraction of sp³-hybridized carbons (Fsp3) is 0.700. The first-order chi connectivity index (χ1) is 10.1. The average Bonchev–Trinajstić information content (AvgIpc) is 2.49. The topological polar surface area (TPSA) is 3.24 Å². The third-order valence-electron chi connectivity index (χ3n) is 5.33. The van der Waals surface area contributed by atoms with Crippen molar-refractivity contribution in [1.82, 2.24) is 4.90 Å². The molecule has 2 aliphatic rings. The molecule has 0 aromatic carbocycles. The first-order valence-corrected chi connectivity index (χ1v) is 8.81. The van der Waals surface area contributed by atoms with Crippen LogP contribution in [-0.4, -0.2) is 24.5 Å². The van der Waals surface area contributed by atoms with E-state index in [1.54, 1.807) is 5.57 Å². The molecule has 0 saturated heterocycles. The molecule has 0 amide bonds. The lowest BCUT2D eigenvalue weighted by Gasteiger charge is -2.41. The number of hydrogen-bond donors (Lipinski definition) is 0. The number of likely N-dealkylation sites (N-methyl/N-ethyl adjacent to an activating group) is 1. The zero-order chi connectivity index (χ0) is 15.2. The predicted octanol–water partition coefficient (Wildman–Crippen LogP) is 5.36. The van der Waals surface area contributed by atoms with E-state index >= 15 is 0 Å². The average molecular weight is 287 g/mol. The van der Waals surface area contributed by atoms with Crippen molar-refractivity contribution in [3.05, 3.63) is 36.0 Å². The molecule has 1 heteroatoms. The first kappa shape index (κ1) is 16.5. The second-order valence-corrected chi connectivity index (χ2v) is 7.12. The third-order valence-corrected chi connectivity index (χ3v) is 5.33. The highest BCUT2D eigenvalue weighted by atomic mass is 15.1. The summed E-state index contributed by atoms with van der Waals surface area (Å²) >= 11 is 0. The van der Waals surface area contributed by atoms with E-state index in [9.17, 15) is 0 Å². The van der Waals surface area contributed by atoms with Gasteiger partial charge in [-0.15, -0.1) is 0 Å². The summed E-state index contributed by atoms with van der Waals surface area (Å²) in [6.45, 7) is 9.83. The zero-order valence-corrected chi connectivity index (χ0v) is 14.3. The number of rotatable bonds is 6. The van der Waals surface area contributed by atoms with Crippen molar-refractivity contribution in [2.45, 2.75) is 64.8 Å². The third kappa shape index (κ3) is 4.57. The molecule has 0 N–H and O–H groups in total. The van der Waals surface area contributed by atoms with Gasteiger partial charge < -0.3 is 0 Å². The first-order valence-electron chi connectivity index (χ1n) is 8.81. The standard InChI is InChI=1S/C20H33N/c1-5-6-8-16(2)13-14-21(4)20-10-7-9-18-12-11-17(3)15-19(18)20/h5-6,15,17-18,20H,2,7-14H2,1,3-4H3/b6-5-/t17-,18+,20?/m1/s1. The molecule has 0 bridgehead atoms. The van der Waals surface area contributed by atoms with Crippen molar-refractivity contribution in [2.75, 3.05) is 13.6 Å². The van der Waals surface area contributed by atoms with Crippen LogP contribution < -0.4 is 0 Å². The number of fused-ring (bicyclic) bond motifs is 1. The van der Waals surface area contributed by atoms with Gasteiger partial charge in [0.05, 0.1) is 0 Å². The van der Waals surface area contributed by atoms with Crippen molar-refractivity contribution in [2.24, 2.45) is 11.8 Å². The Hall–Kier alpha value is -0.820. The Labute approximate surface area is 131 Å². The van der Waals surface area contributed by atoms with Crippen LogP contribution in [0.2, 0.25) is 0 Å². The van der Waals surface area contributed by atoms with Gasteiger partial charge in [-0.3, -0.25) is 4.90 Å². The summed E-state index contributed by atoms with van der Waals surface area (Å²) in [4.78, 5) is 2.59. The Morgan fingerprint density at radius 3 is 2.90 bits per heavy atom. The summed E-state index contributed by atoms with van der Waals surface area (Å²) in [7, 11) is 2.32. The van der Waals surface area contributed by atoms with Crippen LogP contribution in [-0.2, 0) is 0 Å². The Bertz CT molecular complexity index is 404. The molecule has 3 atom stereocenters. The van der Waals surface area contributed by atoms with Crippen LogP contribution in [0.5, 0.6) is 0 Å². The summed E-state index contributed by atoms with van der Waals surface area (Å²) in [5.41, 5.74) is 3.12. The van der Waals surface area contributed by atoms with Crippen molar-refractivity contribution >= 4 is 0 Å². The normalized spacial score (nSPS) is 29.5. The molecule has 0 aromatic heterocycles. The Balaban J connectivity index is 1.91. The van der Waals surface area contributed by atoms with Crippen LogP contribution >= 0.6 is 0 Å². The fourth-order valence-electron chi connectivity index (χ4n) is 3.95. The highest BCUT2D eigenvalue weighted by molar-refractivity contribution is 5.21. The lowest BCUT2D eigenvalue weighted by Crippen LogP contribution is -2.40. The molecule has 0 spiro atoms. The highest BCUT2D eigenvalue weighted by Gasteiger charge is 2.32. The minimum atomic E-state index is 0.695. The molecule has 0 heterocycles. The van der Waals surface area contributed by atoms with Crippen molar-refractivity contribution in [3.8, 4) is 0 Å². The second kappa shape index (κ2) is 7.98. The van der Waals surface area contributed by atoms with Crippen molar-refractivity contribution < 1.29 is 0 Å². The molecule has 118 valence electrons. The molecule has 0 radical (unpaired) electrons. The van der Waals surface area contributed by atoms with Gasteiger partial charge in [-0.1, -0.05) is 49.3 Å². The molecular weight excluding hydrogens is 254 g/mol. The van der Waals surface area contributed by atoms with Gasteiger partial charge >= 0.3 is 0 Å². The van der Waals surface area contributed by atoms with Crippen LogP contribution in [0.15, 0.2) is 36.0 Å². The summed E-state index contributed by atoms with van der Waals surface area (Å²) in [6, 6.07) is 0.695. The number of nitrogens with zero attached hydrogens (tertiary/aromatic N) is 1. The smallest absolute Gasteiger partial charge is 0.0307 e. The minimum Gasteiger partial charge on any atom is -0.299 e. The largest absolute Gasteiger partial charge is 0.299 e. The Kier molecular flexibility index (Phi) is 6.29. The van der Waals surface area contributed by atoms with Gasteiger partial charge in [-0.25, -0.2) is 0 Å². The van der Waals surface area contributed by atoms with Crippen molar-refractivity contribution in [1.29, 1.82) is 0 Å². The minimum absolute atomic E-state index is 0.695. The number of hydrogen-bond acceptors (Lipinski definition) is 1. The van der Waals surface area contributed by atoms with Crippen LogP contribution in [0.1, 0.15) is 58.8 Å². The Morgan fingerprint density at radius 2 is 2.14 bits per heavy atom. The predicted molar refractivity (Wildman–Crippen MR) is 93.4 cm³/mol. The maximum atomic E-state index is 4.21. The Morgan fingerprint density at radius 1 is 1.33 bits per heavy atom. The van der Waals surface area contributed by atoms with E-state index in [0.717, 1.165) is 31.2 Å². The molecule has 0 aliphatic heterocycles. The lowest BCUT2D eigenvalue weighted by atomic mass is 9.72. The van der Waals surface area contributed by atoms with Crippen LogP contribution in [0, 0.1) is 11.8 Å². The van der Waals surface area contributed by atoms with Crippen LogP contribution in [0.4, 0.5) is 0 Å². The zero-order valence-electron chi connectivity index (χ0n) is 14.3. The summed E-state index contributed by atoms with van der Waals surface area (Å²) < 4.78 is 0. The van der Waals surface area contributed by atoms with E-state index in [1.807, 2.05) is 0 Å². The van der Waals surface area contributed by atoms with Crippen LogP contribution in [0.3, 0.4) is 0 Å². The van der Waals surface area contributed by atoms with E-state index < -0.39 is 0 Å². The maximum absolute atomic E-state index is 4.21. The molecule has 21 heavy (non-hydrogen) atoms. The van der Waals surface area contributed by atoms with E-state index in [1.165, 1.54) is 37.7 Å². The lowest BCUT2D eigenvalue weighted by molar-refractivity contribution is 0.204. The molecule has 0 aromatic rings. The van der Waals surface area contributed by atoms with E-state index in [0.29, 0.717) is 6.04 Å². The van der Waals surface area contributed by atoms with Gasteiger partial charge in [0.1, 0.15) is 0 Å². The summed E-state index contributed by atoms with van der Waals surface area (Å²) in [5.74, 6) is 1.67. The van der Waals surface area contributed by atoms with E-state index in [2.05, 4.69) is 50.6 Å². The number of allylic oxidation sites excluding steroid dienone is 3. The van der Waals surface area contributed by atoms with Gasteiger partial charge in [0.15, 0.2) is 0 Å². The van der Waals surface area contributed by atoms with Gasteiger partial charge in [0, 0.05) is 12.6 Å². The molecule has 2 aliphatic carbocycles. The SMILES string of the molecule is C=C(C/C=C\C)CCN(C)C1CCC[C@H]2CC[C@@H](C)C=C12.